The highest BCUT2D eigenvalue weighted by Crippen LogP contribution is 2.26. The van der Waals surface area contributed by atoms with E-state index in [0.29, 0.717) is 0 Å². The average Bonchev–Trinajstić information content (AvgIpc) is 2.60. The quantitative estimate of drug-likeness (QED) is 0.390. The second kappa shape index (κ2) is 8.52. The minimum Gasteiger partial charge on any atom is -0.452 e. The Labute approximate surface area is 168 Å². The molecule has 3 N–H and O–H groups in total. The highest BCUT2D eigenvalue weighted by Gasteiger charge is 2.18. The number of sulfonamides is 1. The smallest absolute Gasteiger partial charge is 0.338 e. The molecule has 0 aromatic heterocycles. The number of hydrogen-bond acceptors (Lipinski definition) is 7. The van der Waals surface area contributed by atoms with Crippen LogP contribution in [0.4, 0.5) is 11.4 Å². The number of primary sulfonamides is 1. The van der Waals surface area contributed by atoms with Crippen LogP contribution in [0.5, 0.6) is 0 Å². The maximum absolute atomic E-state index is 12.0. The third-order valence-corrected chi connectivity index (χ3v) is 4.96. The third kappa shape index (κ3) is 5.39. The summed E-state index contributed by atoms with van der Waals surface area (Å²) in [5.41, 5.74) is -0.539. The van der Waals surface area contributed by atoms with Crippen LogP contribution in [0.1, 0.15) is 10.4 Å². The summed E-state index contributed by atoms with van der Waals surface area (Å²) >= 11 is 11.6. The van der Waals surface area contributed by atoms with Gasteiger partial charge < -0.3 is 10.1 Å². The molecule has 0 aliphatic rings. The van der Waals surface area contributed by atoms with Crippen LogP contribution in [0.25, 0.3) is 0 Å². The molecule has 0 atom stereocenters. The van der Waals surface area contributed by atoms with Crippen LogP contribution in [0.3, 0.4) is 0 Å². The standard InChI is InChI=1S/C15H11Cl2N3O7S/c16-10-4-2-9(20(23)24)6-12(10)19-14(21)7-27-15(22)8-1-3-11(17)13(5-8)28(18,25)26/h1-6H,7H2,(H,19,21)(H2,18,25,26). The van der Waals surface area contributed by atoms with Gasteiger partial charge in [0.2, 0.25) is 10.0 Å². The minimum absolute atomic E-state index is 0.0417. The molecule has 2 rings (SSSR count). The first-order chi connectivity index (χ1) is 13.0. The van der Waals surface area contributed by atoms with E-state index in [0.717, 1.165) is 24.3 Å². The van der Waals surface area contributed by atoms with Crippen molar-refractivity contribution in [1.29, 1.82) is 0 Å². The van der Waals surface area contributed by atoms with E-state index in [1.165, 1.54) is 12.1 Å². The number of benzene rings is 2. The second-order valence-corrected chi connectivity index (χ2v) is 7.58. The zero-order valence-electron chi connectivity index (χ0n) is 13.7. The normalized spacial score (nSPS) is 11.0. The van der Waals surface area contributed by atoms with Crippen molar-refractivity contribution in [3.63, 3.8) is 0 Å². The summed E-state index contributed by atoms with van der Waals surface area (Å²) in [5.74, 6) is -1.83. The number of nitrogens with zero attached hydrogens (tertiary/aromatic N) is 1. The number of nitrogens with one attached hydrogen (secondary N) is 1. The molecule has 0 aliphatic heterocycles. The summed E-state index contributed by atoms with van der Waals surface area (Å²) in [7, 11) is -4.17. The predicted octanol–water partition coefficient (Wildman–Crippen LogP) is 2.34. The fraction of sp³-hybridized carbons (Fsp3) is 0.0667. The Kier molecular flexibility index (Phi) is 6.56. The van der Waals surface area contributed by atoms with Gasteiger partial charge in [-0.25, -0.2) is 18.4 Å². The van der Waals surface area contributed by atoms with Gasteiger partial charge in [-0.2, -0.15) is 0 Å². The number of nitrogens with two attached hydrogens (primary N) is 1. The lowest BCUT2D eigenvalue weighted by Gasteiger charge is -2.09. The number of nitro groups is 1. The van der Waals surface area contributed by atoms with Crippen LogP contribution in [-0.2, 0) is 19.6 Å². The molecule has 0 spiro atoms. The monoisotopic (exact) mass is 447 g/mol. The van der Waals surface area contributed by atoms with Gasteiger partial charge in [0, 0.05) is 12.1 Å². The van der Waals surface area contributed by atoms with Crippen LogP contribution in [0.2, 0.25) is 10.0 Å². The number of non-ortho nitro benzene ring substituents is 1. The Hall–Kier alpha value is -2.73. The molecule has 1 amide bonds. The first kappa shape index (κ1) is 21.6. The summed E-state index contributed by atoms with van der Waals surface area (Å²) < 4.78 is 27.6. The number of ether oxygens (including phenoxy) is 1. The number of nitro benzene ring substituents is 1. The zero-order chi connectivity index (χ0) is 21.1. The maximum Gasteiger partial charge on any atom is 0.338 e. The number of halogens is 2. The first-order valence-corrected chi connectivity index (χ1v) is 9.52. The van der Waals surface area contributed by atoms with Crippen LogP contribution >= 0.6 is 23.2 Å². The third-order valence-electron chi connectivity index (χ3n) is 3.24. The number of carbonyl (C=O) groups excluding carboxylic acids is 2. The molecule has 0 aliphatic carbocycles. The number of amides is 1. The molecule has 0 bridgehead atoms. The molecule has 0 unspecified atom stereocenters. The fourth-order valence-corrected chi connectivity index (χ4v) is 3.21. The maximum atomic E-state index is 12.0. The van der Waals surface area contributed by atoms with Crippen molar-refractivity contribution < 1.29 is 27.7 Å². The molecule has 2 aromatic rings. The number of carbonyl (C=O) groups is 2. The summed E-state index contributed by atoms with van der Waals surface area (Å²) in [6.07, 6.45) is 0. The lowest BCUT2D eigenvalue weighted by molar-refractivity contribution is -0.384. The van der Waals surface area contributed by atoms with Crippen molar-refractivity contribution in [1.82, 2.24) is 0 Å². The van der Waals surface area contributed by atoms with E-state index >= 15 is 0 Å². The average molecular weight is 448 g/mol. The van der Waals surface area contributed by atoms with Gasteiger partial charge in [0.15, 0.2) is 6.61 Å². The van der Waals surface area contributed by atoms with Crippen molar-refractivity contribution in [3.05, 3.63) is 62.1 Å². The Morgan fingerprint density at radius 1 is 1.14 bits per heavy atom. The van der Waals surface area contributed by atoms with Gasteiger partial charge >= 0.3 is 5.97 Å². The molecule has 0 saturated carbocycles. The Morgan fingerprint density at radius 2 is 1.79 bits per heavy atom. The molecule has 0 heterocycles. The molecule has 13 heteroatoms. The second-order valence-electron chi connectivity index (χ2n) is 5.24. The van der Waals surface area contributed by atoms with E-state index in [2.05, 4.69) is 5.32 Å². The zero-order valence-corrected chi connectivity index (χ0v) is 16.0. The van der Waals surface area contributed by atoms with E-state index in [-0.39, 0.29) is 27.0 Å². The molecule has 0 fully saturated rings. The Morgan fingerprint density at radius 3 is 2.39 bits per heavy atom. The van der Waals surface area contributed by atoms with Gasteiger partial charge in [-0.3, -0.25) is 14.9 Å². The van der Waals surface area contributed by atoms with Gasteiger partial charge in [-0.1, -0.05) is 23.2 Å². The Balaban J connectivity index is 2.07. The number of hydrogen-bond donors (Lipinski definition) is 2. The van der Waals surface area contributed by atoms with Gasteiger partial charge in [0.25, 0.3) is 11.6 Å². The van der Waals surface area contributed by atoms with Crippen molar-refractivity contribution in [2.45, 2.75) is 4.90 Å². The SMILES string of the molecule is NS(=O)(=O)c1cc(C(=O)OCC(=O)Nc2cc([N+](=O)[O-])ccc2Cl)ccc1Cl. The number of anilines is 1. The van der Waals surface area contributed by atoms with Gasteiger partial charge in [-0.05, 0) is 24.3 Å². The highest BCUT2D eigenvalue weighted by atomic mass is 35.5. The number of rotatable bonds is 6. The van der Waals surface area contributed by atoms with Gasteiger partial charge in [0.1, 0.15) is 4.90 Å². The van der Waals surface area contributed by atoms with Crippen molar-refractivity contribution in [2.24, 2.45) is 5.14 Å². The summed E-state index contributed by atoms with van der Waals surface area (Å²) in [6.45, 7) is -0.759. The minimum atomic E-state index is -4.17. The summed E-state index contributed by atoms with van der Waals surface area (Å²) in [6, 6.07) is 6.66. The molecule has 0 saturated heterocycles. The molecular weight excluding hydrogens is 437 g/mol. The number of esters is 1. The van der Waals surface area contributed by atoms with E-state index in [9.17, 15) is 28.1 Å². The molecular formula is C15H11Cl2N3O7S. The summed E-state index contributed by atoms with van der Waals surface area (Å²) in [4.78, 5) is 33.5. The van der Waals surface area contributed by atoms with Crippen molar-refractivity contribution in [3.8, 4) is 0 Å². The topological polar surface area (TPSA) is 159 Å². The largest absolute Gasteiger partial charge is 0.452 e. The summed E-state index contributed by atoms with van der Waals surface area (Å²) in [5, 5.41) is 17.9. The van der Waals surface area contributed by atoms with E-state index in [1.807, 2.05) is 0 Å². The van der Waals surface area contributed by atoms with Crippen LogP contribution in [0.15, 0.2) is 41.3 Å². The molecule has 148 valence electrons. The molecule has 2 aromatic carbocycles. The molecule has 10 nitrogen and oxygen atoms in total. The lowest BCUT2D eigenvalue weighted by Crippen LogP contribution is -2.21. The van der Waals surface area contributed by atoms with Crippen molar-refractivity contribution >= 4 is 56.5 Å². The molecule has 28 heavy (non-hydrogen) atoms. The van der Waals surface area contributed by atoms with Crippen LogP contribution < -0.4 is 10.5 Å². The van der Waals surface area contributed by atoms with Gasteiger partial charge in [0.05, 0.1) is 26.2 Å². The predicted molar refractivity (Wildman–Crippen MR) is 99.8 cm³/mol. The lowest BCUT2D eigenvalue weighted by atomic mass is 10.2. The van der Waals surface area contributed by atoms with Crippen LogP contribution in [-0.4, -0.2) is 31.8 Å². The Bertz CT molecular complexity index is 1070. The van der Waals surface area contributed by atoms with Crippen LogP contribution in [0, 0.1) is 10.1 Å². The van der Waals surface area contributed by atoms with Crippen molar-refractivity contribution in [2.75, 3.05) is 11.9 Å². The van der Waals surface area contributed by atoms with Gasteiger partial charge in [-0.15, -0.1) is 0 Å². The highest BCUT2D eigenvalue weighted by molar-refractivity contribution is 7.89. The van der Waals surface area contributed by atoms with E-state index in [4.69, 9.17) is 33.1 Å². The molecule has 0 radical (unpaired) electrons. The fourth-order valence-electron chi connectivity index (χ4n) is 1.97. The first-order valence-electron chi connectivity index (χ1n) is 7.22. The van der Waals surface area contributed by atoms with E-state index < -0.39 is 38.3 Å². The van der Waals surface area contributed by atoms with E-state index in [1.54, 1.807) is 0 Å².